The molecule has 3 rings (SSSR count). The van der Waals surface area contributed by atoms with Crippen molar-refractivity contribution < 1.29 is 17.6 Å². The molecule has 144 valence electrons. The maximum atomic E-state index is 13.8. The second-order valence-electron chi connectivity index (χ2n) is 7.54. The van der Waals surface area contributed by atoms with Crippen molar-refractivity contribution in [3.8, 4) is 0 Å². The molecule has 0 radical (unpaired) electrons. The summed E-state index contributed by atoms with van der Waals surface area (Å²) in [6, 6.07) is 6.54. The van der Waals surface area contributed by atoms with E-state index in [-0.39, 0.29) is 23.4 Å². The molecular weight excluding hydrogens is 357 g/mol. The van der Waals surface area contributed by atoms with Crippen LogP contribution in [0.3, 0.4) is 0 Å². The first-order valence-electron chi connectivity index (χ1n) is 9.00. The summed E-state index contributed by atoms with van der Waals surface area (Å²) >= 11 is 0. The van der Waals surface area contributed by atoms with Crippen molar-refractivity contribution in [3.63, 3.8) is 0 Å². The number of benzene rings is 1. The van der Waals surface area contributed by atoms with Crippen molar-refractivity contribution in [1.29, 1.82) is 0 Å². The molecule has 2 fully saturated rings. The molecule has 2 aliphatic rings. The highest BCUT2D eigenvalue weighted by Gasteiger charge is 2.40. The Morgan fingerprint density at radius 3 is 2.69 bits per heavy atom. The molecular formula is C18H26FN3O3S. The van der Waals surface area contributed by atoms with Gasteiger partial charge in [-0.25, -0.2) is 17.6 Å². The summed E-state index contributed by atoms with van der Waals surface area (Å²) in [5.74, 6) is -0.0826. The summed E-state index contributed by atoms with van der Waals surface area (Å²) in [4.78, 5) is 16.5. The van der Waals surface area contributed by atoms with Crippen LogP contribution in [0.25, 0.3) is 0 Å². The normalized spacial score (nSPS) is 26.5. The molecule has 8 heteroatoms. The molecule has 0 aliphatic carbocycles. The number of nitrogens with zero attached hydrogens (tertiary/aromatic N) is 2. The van der Waals surface area contributed by atoms with E-state index >= 15 is 0 Å². The maximum Gasteiger partial charge on any atom is 0.317 e. The summed E-state index contributed by atoms with van der Waals surface area (Å²) in [6.45, 7) is 4.93. The summed E-state index contributed by atoms with van der Waals surface area (Å²) in [5, 5.41) is 2.91. The lowest BCUT2D eigenvalue weighted by Crippen LogP contribution is -2.53. The van der Waals surface area contributed by atoms with Gasteiger partial charge in [0.15, 0.2) is 9.84 Å². The van der Waals surface area contributed by atoms with Crippen LogP contribution in [0.2, 0.25) is 0 Å². The molecule has 1 atom stereocenters. The molecule has 1 aromatic rings. The number of rotatable bonds is 3. The summed E-state index contributed by atoms with van der Waals surface area (Å²) < 4.78 is 37.2. The lowest BCUT2D eigenvalue weighted by Gasteiger charge is -2.29. The van der Waals surface area contributed by atoms with Crippen molar-refractivity contribution in [2.45, 2.75) is 31.8 Å². The summed E-state index contributed by atoms with van der Waals surface area (Å²) in [6.07, 6.45) is 1.26. The quantitative estimate of drug-likeness (QED) is 0.861. The third kappa shape index (κ3) is 4.73. The van der Waals surface area contributed by atoms with E-state index in [4.69, 9.17) is 0 Å². The lowest BCUT2D eigenvalue weighted by molar-refractivity contribution is 0.187. The Morgan fingerprint density at radius 2 is 2.00 bits per heavy atom. The van der Waals surface area contributed by atoms with Gasteiger partial charge in [0, 0.05) is 38.3 Å². The Balaban J connectivity index is 1.55. The smallest absolute Gasteiger partial charge is 0.317 e. The average molecular weight is 383 g/mol. The van der Waals surface area contributed by atoms with Gasteiger partial charge < -0.3 is 10.2 Å². The first-order chi connectivity index (χ1) is 12.3. The predicted octanol–water partition coefficient (Wildman–Crippen LogP) is 1.62. The fourth-order valence-corrected chi connectivity index (χ4v) is 5.74. The van der Waals surface area contributed by atoms with Gasteiger partial charge in [-0.05, 0) is 25.8 Å². The van der Waals surface area contributed by atoms with E-state index in [0.29, 0.717) is 38.2 Å². The van der Waals surface area contributed by atoms with Gasteiger partial charge in [-0.3, -0.25) is 4.90 Å². The first-order valence-corrected chi connectivity index (χ1v) is 10.8. The molecule has 2 aliphatic heterocycles. The molecule has 2 heterocycles. The van der Waals surface area contributed by atoms with Crippen molar-refractivity contribution in [2.75, 3.05) is 37.7 Å². The van der Waals surface area contributed by atoms with E-state index in [0.717, 1.165) is 13.0 Å². The van der Waals surface area contributed by atoms with Crippen molar-refractivity contribution >= 4 is 15.9 Å². The zero-order chi connectivity index (χ0) is 18.8. The third-order valence-electron chi connectivity index (χ3n) is 5.14. The molecule has 2 saturated heterocycles. The van der Waals surface area contributed by atoms with Crippen LogP contribution in [0, 0.1) is 5.82 Å². The molecule has 1 N–H and O–H groups in total. The average Bonchev–Trinajstić information content (AvgIpc) is 2.74. The number of urea groups is 1. The molecule has 0 aromatic heterocycles. The van der Waals surface area contributed by atoms with E-state index in [1.165, 1.54) is 6.07 Å². The van der Waals surface area contributed by atoms with Crippen LogP contribution in [0.15, 0.2) is 24.3 Å². The Bertz CT molecular complexity index is 771. The van der Waals surface area contributed by atoms with Gasteiger partial charge in [0.1, 0.15) is 5.82 Å². The number of carbonyl (C=O) groups excluding carboxylic acids is 1. The monoisotopic (exact) mass is 383 g/mol. The highest BCUT2D eigenvalue weighted by molar-refractivity contribution is 7.91. The third-order valence-corrected chi connectivity index (χ3v) is 7.04. The van der Waals surface area contributed by atoms with Crippen molar-refractivity contribution in [1.82, 2.24) is 15.1 Å². The Labute approximate surface area is 154 Å². The van der Waals surface area contributed by atoms with E-state index in [1.807, 2.05) is 6.07 Å². The Hall–Kier alpha value is -1.67. The Kier molecular flexibility index (Phi) is 5.53. The minimum absolute atomic E-state index is 0.00100. The maximum absolute atomic E-state index is 13.8. The number of sulfone groups is 1. The van der Waals surface area contributed by atoms with Crippen LogP contribution < -0.4 is 5.32 Å². The van der Waals surface area contributed by atoms with Gasteiger partial charge in [0.05, 0.1) is 17.0 Å². The second kappa shape index (κ2) is 7.52. The van der Waals surface area contributed by atoms with Gasteiger partial charge in [-0.2, -0.15) is 0 Å². The number of amides is 2. The van der Waals surface area contributed by atoms with E-state index in [1.54, 1.807) is 24.0 Å². The lowest BCUT2D eigenvalue weighted by atomic mass is 10.0. The fraction of sp³-hybridized carbons (Fsp3) is 0.611. The Morgan fingerprint density at radius 1 is 1.23 bits per heavy atom. The number of hydrogen-bond donors (Lipinski definition) is 1. The van der Waals surface area contributed by atoms with Crippen LogP contribution in [0.4, 0.5) is 9.18 Å². The molecule has 2 amide bonds. The van der Waals surface area contributed by atoms with Crippen LogP contribution in [0.5, 0.6) is 0 Å². The summed E-state index contributed by atoms with van der Waals surface area (Å²) in [7, 11) is -3.06. The number of hydrogen-bond acceptors (Lipinski definition) is 4. The highest BCUT2D eigenvalue weighted by Crippen LogP contribution is 2.23. The topological polar surface area (TPSA) is 69.7 Å². The molecule has 0 bridgehead atoms. The van der Waals surface area contributed by atoms with Gasteiger partial charge in [0.25, 0.3) is 0 Å². The molecule has 26 heavy (non-hydrogen) atoms. The van der Waals surface area contributed by atoms with Crippen LogP contribution in [-0.2, 0) is 16.4 Å². The highest BCUT2D eigenvalue weighted by atomic mass is 32.2. The standard InChI is InChI=1S/C18H26FN3O3S/c1-18(7-12-26(24,25)14-18)20-17(23)22-9-4-8-21(10-11-22)13-15-5-2-3-6-16(15)19/h2-3,5-6H,4,7-14H2,1H3,(H,20,23). The van der Waals surface area contributed by atoms with Crippen LogP contribution in [-0.4, -0.2) is 67.5 Å². The number of halogens is 1. The number of carbonyl (C=O) groups is 1. The molecule has 0 saturated carbocycles. The number of nitrogens with one attached hydrogen (secondary N) is 1. The van der Waals surface area contributed by atoms with E-state index < -0.39 is 15.4 Å². The SMILES string of the molecule is CC1(NC(=O)N2CCCN(Cc3ccccc3F)CC2)CCS(=O)(=O)C1. The van der Waals surface area contributed by atoms with Crippen LogP contribution in [0.1, 0.15) is 25.3 Å². The fourth-order valence-electron chi connectivity index (χ4n) is 3.65. The van der Waals surface area contributed by atoms with Crippen molar-refractivity contribution in [2.24, 2.45) is 0 Å². The largest absolute Gasteiger partial charge is 0.332 e. The van der Waals surface area contributed by atoms with E-state index in [2.05, 4.69) is 10.2 Å². The second-order valence-corrected chi connectivity index (χ2v) is 9.73. The molecule has 1 unspecified atom stereocenters. The molecule has 6 nitrogen and oxygen atoms in total. The zero-order valence-electron chi connectivity index (χ0n) is 15.1. The molecule has 1 aromatic carbocycles. The predicted molar refractivity (Wildman–Crippen MR) is 98.1 cm³/mol. The van der Waals surface area contributed by atoms with Crippen LogP contribution >= 0.6 is 0 Å². The van der Waals surface area contributed by atoms with Gasteiger partial charge in [0.2, 0.25) is 0 Å². The summed E-state index contributed by atoms with van der Waals surface area (Å²) in [5.41, 5.74) is -0.0243. The molecule has 0 spiro atoms. The van der Waals surface area contributed by atoms with E-state index in [9.17, 15) is 17.6 Å². The van der Waals surface area contributed by atoms with Gasteiger partial charge >= 0.3 is 6.03 Å². The van der Waals surface area contributed by atoms with Gasteiger partial charge in [-0.1, -0.05) is 18.2 Å². The minimum atomic E-state index is -3.06. The first kappa shape index (κ1) is 19.1. The zero-order valence-corrected chi connectivity index (χ0v) is 15.9. The van der Waals surface area contributed by atoms with Gasteiger partial charge in [-0.15, -0.1) is 0 Å². The van der Waals surface area contributed by atoms with Crippen molar-refractivity contribution in [3.05, 3.63) is 35.6 Å². The minimum Gasteiger partial charge on any atom is -0.332 e.